The van der Waals surface area contributed by atoms with Gasteiger partial charge in [0.1, 0.15) is 5.75 Å². The maximum Gasteiger partial charge on any atom is 0.135 e. The SMILES string of the molecule is CC(C)COc1ccc2ccccc2c1C#CCCO. The molecular formula is C18H20O2. The average molecular weight is 268 g/mol. The number of benzene rings is 2. The van der Waals surface area contributed by atoms with Crippen LogP contribution in [0.5, 0.6) is 5.75 Å². The smallest absolute Gasteiger partial charge is 0.135 e. The van der Waals surface area contributed by atoms with Crippen molar-refractivity contribution < 1.29 is 9.84 Å². The van der Waals surface area contributed by atoms with Crippen LogP contribution in [0.2, 0.25) is 0 Å². The third-order valence-corrected chi connectivity index (χ3v) is 2.91. The first-order valence-electron chi connectivity index (χ1n) is 6.96. The van der Waals surface area contributed by atoms with Gasteiger partial charge >= 0.3 is 0 Å². The summed E-state index contributed by atoms with van der Waals surface area (Å²) in [5.41, 5.74) is 0.914. The molecule has 0 saturated carbocycles. The van der Waals surface area contributed by atoms with E-state index in [2.05, 4.69) is 43.9 Å². The normalized spacial score (nSPS) is 10.4. The van der Waals surface area contributed by atoms with E-state index in [4.69, 9.17) is 9.84 Å². The molecule has 20 heavy (non-hydrogen) atoms. The van der Waals surface area contributed by atoms with Gasteiger partial charge in [0.25, 0.3) is 0 Å². The standard InChI is InChI=1S/C18H20O2/c1-14(2)13-20-18-11-10-15-7-3-4-8-16(15)17(18)9-5-6-12-19/h3-4,7-8,10-11,14,19H,6,12-13H2,1-2H3. The lowest BCUT2D eigenvalue weighted by molar-refractivity contribution is 0.271. The molecule has 0 radical (unpaired) electrons. The molecule has 104 valence electrons. The van der Waals surface area contributed by atoms with Gasteiger partial charge in [0, 0.05) is 11.8 Å². The number of fused-ring (bicyclic) bond motifs is 1. The summed E-state index contributed by atoms with van der Waals surface area (Å²) in [5, 5.41) is 11.1. The third kappa shape index (κ3) is 3.53. The molecule has 2 aromatic rings. The quantitative estimate of drug-likeness (QED) is 0.858. The van der Waals surface area contributed by atoms with E-state index in [-0.39, 0.29) is 6.61 Å². The molecule has 2 rings (SSSR count). The van der Waals surface area contributed by atoms with Gasteiger partial charge in [-0.25, -0.2) is 0 Å². The van der Waals surface area contributed by atoms with E-state index in [0.717, 1.165) is 22.1 Å². The monoisotopic (exact) mass is 268 g/mol. The molecule has 2 nitrogen and oxygen atoms in total. The van der Waals surface area contributed by atoms with Crippen LogP contribution in [-0.4, -0.2) is 18.3 Å². The van der Waals surface area contributed by atoms with Crippen LogP contribution in [-0.2, 0) is 0 Å². The lowest BCUT2D eigenvalue weighted by atomic mass is 10.0. The van der Waals surface area contributed by atoms with Crippen molar-refractivity contribution in [3.8, 4) is 17.6 Å². The number of ether oxygens (including phenoxy) is 1. The van der Waals surface area contributed by atoms with Crippen molar-refractivity contribution in [3.05, 3.63) is 42.0 Å². The van der Waals surface area contributed by atoms with Gasteiger partial charge in [-0.1, -0.05) is 56.0 Å². The predicted molar refractivity (Wildman–Crippen MR) is 82.9 cm³/mol. The van der Waals surface area contributed by atoms with Crippen molar-refractivity contribution >= 4 is 10.8 Å². The molecular weight excluding hydrogens is 248 g/mol. The van der Waals surface area contributed by atoms with Crippen LogP contribution in [0.4, 0.5) is 0 Å². The Balaban J connectivity index is 2.45. The zero-order valence-corrected chi connectivity index (χ0v) is 12.0. The second-order valence-corrected chi connectivity index (χ2v) is 5.14. The molecule has 0 atom stereocenters. The summed E-state index contributed by atoms with van der Waals surface area (Å²) < 4.78 is 5.87. The molecule has 0 amide bonds. The Kier molecular flexibility index (Phi) is 5.03. The number of hydrogen-bond acceptors (Lipinski definition) is 2. The minimum absolute atomic E-state index is 0.0833. The zero-order chi connectivity index (χ0) is 14.4. The summed E-state index contributed by atoms with van der Waals surface area (Å²) in [6, 6.07) is 12.2. The molecule has 0 aromatic heterocycles. The van der Waals surface area contributed by atoms with Gasteiger partial charge in [0.2, 0.25) is 0 Å². The van der Waals surface area contributed by atoms with Crippen LogP contribution >= 0.6 is 0 Å². The zero-order valence-electron chi connectivity index (χ0n) is 12.0. The molecule has 0 unspecified atom stereocenters. The summed E-state index contributed by atoms with van der Waals surface area (Å²) in [6.07, 6.45) is 0.479. The van der Waals surface area contributed by atoms with Gasteiger partial charge in [-0.15, -0.1) is 0 Å². The van der Waals surface area contributed by atoms with Crippen molar-refractivity contribution in [1.82, 2.24) is 0 Å². The summed E-state index contributed by atoms with van der Waals surface area (Å²) in [7, 11) is 0. The lowest BCUT2D eigenvalue weighted by Crippen LogP contribution is -2.05. The Morgan fingerprint density at radius 2 is 1.95 bits per heavy atom. The Labute approximate surface area is 120 Å². The van der Waals surface area contributed by atoms with Crippen molar-refractivity contribution in [2.24, 2.45) is 5.92 Å². The number of hydrogen-bond donors (Lipinski definition) is 1. The van der Waals surface area contributed by atoms with Crippen molar-refractivity contribution in [2.75, 3.05) is 13.2 Å². The van der Waals surface area contributed by atoms with Gasteiger partial charge in [-0.05, 0) is 17.4 Å². The Hall–Kier alpha value is -1.98. The molecule has 0 aliphatic heterocycles. The number of rotatable bonds is 4. The van der Waals surface area contributed by atoms with Gasteiger partial charge in [-0.3, -0.25) is 0 Å². The molecule has 0 aliphatic carbocycles. The van der Waals surface area contributed by atoms with Crippen LogP contribution in [0.25, 0.3) is 10.8 Å². The highest BCUT2D eigenvalue weighted by Gasteiger charge is 2.07. The van der Waals surface area contributed by atoms with E-state index in [9.17, 15) is 0 Å². The Morgan fingerprint density at radius 3 is 2.70 bits per heavy atom. The van der Waals surface area contributed by atoms with E-state index in [1.807, 2.05) is 18.2 Å². The molecule has 0 fully saturated rings. The van der Waals surface area contributed by atoms with Gasteiger partial charge in [-0.2, -0.15) is 0 Å². The van der Waals surface area contributed by atoms with Gasteiger partial charge < -0.3 is 9.84 Å². The predicted octanol–water partition coefficient (Wildman–Crippen LogP) is 3.61. The summed E-state index contributed by atoms with van der Waals surface area (Å²) in [5.74, 6) is 7.43. The highest BCUT2D eigenvalue weighted by molar-refractivity contribution is 5.90. The van der Waals surface area contributed by atoms with Crippen LogP contribution in [0.15, 0.2) is 36.4 Å². The van der Waals surface area contributed by atoms with Crippen molar-refractivity contribution in [1.29, 1.82) is 0 Å². The second kappa shape index (κ2) is 6.98. The van der Waals surface area contributed by atoms with E-state index >= 15 is 0 Å². The van der Waals surface area contributed by atoms with Gasteiger partial charge in [0.15, 0.2) is 0 Å². The summed E-state index contributed by atoms with van der Waals surface area (Å²) in [6.45, 7) is 5.00. The second-order valence-electron chi connectivity index (χ2n) is 5.14. The largest absolute Gasteiger partial charge is 0.492 e. The number of aliphatic hydroxyl groups excluding tert-OH is 1. The number of aliphatic hydroxyl groups is 1. The first-order chi connectivity index (χ1) is 9.72. The van der Waals surface area contributed by atoms with E-state index in [1.54, 1.807) is 0 Å². The molecule has 0 spiro atoms. The van der Waals surface area contributed by atoms with Crippen LogP contribution in [0.3, 0.4) is 0 Å². The maximum atomic E-state index is 8.87. The Morgan fingerprint density at radius 1 is 1.15 bits per heavy atom. The maximum absolute atomic E-state index is 8.87. The van der Waals surface area contributed by atoms with Crippen molar-refractivity contribution in [2.45, 2.75) is 20.3 Å². The summed E-state index contributed by atoms with van der Waals surface area (Å²) in [4.78, 5) is 0. The summed E-state index contributed by atoms with van der Waals surface area (Å²) >= 11 is 0. The molecule has 0 heterocycles. The molecule has 0 bridgehead atoms. The first-order valence-corrected chi connectivity index (χ1v) is 6.96. The van der Waals surface area contributed by atoms with Crippen LogP contribution in [0.1, 0.15) is 25.8 Å². The van der Waals surface area contributed by atoms with E-state index < -0.39 is 0 Å². The molecule has 0 saturated heterocycles. The highest BCUT2D eigenvalue weighted by Crippen LogP contribution is 2.27. The van der Waals surface area contributed by atoms with Crippen LogP contribution in [0, 0.1) is 17.8 Å². The van der Waals surface area contributed by atoms with Gasteiger partial charge in [0.05, 0.1) is 18.8 Å². The molecule has 1 N–H and O–H groups in total. The molecule has 2 heteroatoms. The van der Waals surface area contributed by atoms with E-state index in [0.29, 0.717) is 18.9 Å². The topological polar surface area (TPSA) is 29.5 Å². The fraction of sp³-hybridized carbons (Fsp3) is 0.333. The molecule has 0 aliphatic rings. The minimum atomic E-state index is 0.0833. The van der Waals surface area contributed by atoms with E-state index in [1.165, 1.54) is 0 Å². The first kappa shape index (κ1) is 14.4. The molecule has 2 aromatic carbocycles. The highest BCUT2D eigenvalue weighted by atomic mass is 16.5. The van der Waals surface area contributed by atoms with Crippen LogP contribution < -0.4 is 4.74 Å². The minimum Gasteiger partial charge on any atom is -0.492 e. The fourth-order valence-electron chi connectivity index (χ4n) is 1.96. The average Bonchev–Trinajstić information content (AvgIpc) is 2.46. The Bertz CT molecular complexity index is 633. The van der Waals surface area contributed by atoms with Crippen molar-refractivity contribution in [3.63, 3.8) is 0 Å². The third-order valence-electron chi connectivity index (χ3n) is 2.91. The lowest BCUT2D eigenvalue weighted by Gasteiger charge is -2.12. The fourth-order valence-corrected chi connectivity index (χ4v) is 1.96.